The average molecular weight is 590 g/mol. The average Bonchev–Trinajstić information content (AvgIpc) is 3.67. The minimum absolute atomic E-state index is 0.0437. The van der Waals surface area contributed by atoms with Gasteiger partial charge < -0.3 is 11.1 Å². The molecule has 214 valence electrons. The summed E-state index contributed by atoms with van der Waals surface area (Å²) in [6.07, 6.45) is 3.53. The van der Waals surface area contributed by atoms with E-state index in [1.807, 2.05) is 18.2 Å². The number of aromatic nitrogens is 1. The van der Waals surface area contributed by atoms with Gasteiger partial charge >= 0.3 is 0 Å². The Bertz CT molecular complexity index is 1420. The van der Waals surface area contributed by atoms with E-state index in [4.69, 9.17) is 5.73 Å². The van der Waals surface area contributed by atoms with Gasteiger partial charge in [0.2, 0.25) is 15.8 Å². The molecule has 40 heavy (non-hydrogen) atoms. The summed E-state index contributed by atoms with van der Waals surface area (Å²) < 4.78 is 56.1. The van der Waals surface area contributed by atoms with Crippen LogP contribution in [0.3, 0.4) is 0 Å². The molecule has 1 aromatic heterocycles. The number of carbonyl (C=O) groups is 1. The number of thiazole rings is 1. The highest BCUT2D eigenvalue weighted by molar-refractivity contribution is 7.89. The fourth-order valence-electron chi connectivity index (χ4n) is 4.95. The first-order valence-electron chi connectivity index (χ1n) is 13.5. The van der Waals surface area contributed by atoms with E-state index in [-0.39, 0.29) is 22.5 Å². The Morgan fingerprint density at radius 2 is 1.73 bits per heavy atom. The summed E-state index contributed by atoms with van der Waals surface area (Å²) in [5, 5.41) is 3.57. The van der Waals surface area contributed by atoms with Crippen LogP contribution in [0, 0.1) is 17.6 Å². The van der Waals surface area contributed by atoms with Crippen molar-refractivity contribution >= 4 is 38.1 Å². The van der Waals surface area contributed by atoms with Crippen molar-refractivity contribution in [2.24, 2.45) is 5.92 Å². The van der Waals surface area contributed by atoms with Crippen molar-refractivity contribution in [1.29, 1.82) is 0 Å². The van der Waals surface area contributed by atoms with Crippen molar-refractivity contribution in [3.8, 4) is 0 Å². The molecule has 1 aliphatic heterocycles. The Morgan fingerprint density at radius 1 is 1.05 bits per heavy atom. The molecule has 5 rings (SSSR count). The van der Waals surface area contributed by atoms with Gasteiger partial charge in [0.1, 0.15) is 22.3 Å². The zero-order valence-corrected chi connectivity index (χ0v) is 23.7. The molecule has 0 amide bonds. The highest BCUT2D eigenvalue weighted by atomic mass is 32.2. The van der Waals surface area contributed by atoms with Crippen molar-refractivity contribution < 1.29 is 22.0 Å². The number of rotatable bonds is 12. The SMILES string of the molecule is Nc1nc(NC2CCN(S(=O)(=O)CCN(Cc3ccccc3)CC3CC3)CC2)sc1C(=O)c1c(F)cccc1F. The zero-order chi connectivity index (χ0) is 28.3. The number of nitrogens with zero attached hydrogens (tertiary/aromatic N) is 3. The van der Waals surface area contributed by atoms with E-state index in [0.29, 0.717) is 43.5 Å². The van der Waals surface area contributed by atoms with Gasteiger partial charge in [0.05, 0.1) is 11.3 Å². The standard InChI is InChI=1S/C28H33F2N5O3S2/c29-22-7-4-8-23(30)24(22)25(36)26-27(31)33-28(39-26)32-21-11-13-35(14-12-21)40(37,38)16-15-34(18-20-9-10-20)17-19-5-2-1-3-6-19/h1-8,20-21H,9-18,31H2,(H,32,33). The molecule has 0 spiro atoms. The first-order valence-corrected chi connectivity index (χ1v) is 15.9. The highest BCUT2D eigenvalue weighted by Gasteiger charge is 2.31. The number of carbonyl (C=O) groups excluding carboxylic acids is 1. The molecule has 2 fully saturated rings. The quantitative estimate of drug-likeness (QED) is 0.303. The number of hydrogen-bond acceptors (Lipinski definition) is 8. The van der Waals surface area contributed by atoms with E-state index in [9.17, 15) is 22.0 Å². The number of hydrogen-bond donors (Lipinski definition) is 2. The van der Waals surface area contributed by atoms with Gasteiger partial charge in [-0.1, -0.05) is 47.7 Å². The molecule has 1 saturated heterocycles. The van der Waals surface area contributed by atoms with Crippen LogP contribution in [0.15, 0.2) is 48.5 Å². The monoisotopic (exact) mass is 589 g/mol. The number of ketones is 1. The predicted octanol–water partition coefficient (Wildman–Crippen LogP) is 4.35. The zero-order valence-electron chi connectivity index (χ0n) is 22.1. The minimum atomic E-state index is -3.42. The summed E-state index contributed by atoms with van der Waals surface area (Å²) in [7, 11) is -3.42. The van der Waals surface area contributed by atoms with Crippen molar-refractivity contribution in [3.63, 3.8) is 0 Å². The summed E-state index contributed by atoms with van der Waals surface area (Å²) in [5.74, 6) is -2.15. The summed E-state index contributed by atoms with van der Waals surface area (Å²) in [6, 6.07) is 13.3. The molecule has 3 aromatic rings. The second-order valence-electron chi connectivity index (χ2n) is 10.5. The highest BCUT2D eigenvalue weighted by Crippen LogP contribution is 2.32. The van der Waals surface area contributed by atoms with E-state index in [1.165, 1.54) is 24.5 Å². The molecular weight excluding hydrogens is 556 g/mol. The van der Waals surface area contributed by atoms with E-state index >= 15 is 0 Å². The van der Waals surface area contributed by atoms with E-state index in [1.54, 1.807) is 4.31 Å². The molecular formula is C28H33F2N5O3S2. The molecule has 2 heterocycles. The maximum absolute atomic E-state index is 14.1. The Kier molecular flexibility index (Phi) is 8.79. The third-order valence-corrected chi connectivity index (χ3v) is 10.2. The summed E-state index contributed by atoms with van der Waals surface area (Å²) in [4.78, 5) is 19.1. The summed E-state index contributed by atoms with van der Waals surface area (Å²) >= 11 is 0.934. The first kappa shape index (κ1) is 28.6. The van der Waals surface area contributed by atoms with Crippen molar-refractivity contribution in [1.82, 2.24) is 14.2 Å². The normalized spacial score (nSPS) is 16.9. The van der Waals surface area contributed by atoms with Crippen LogP contribution < -0.4 is 11.1 Å². The number of nitrogens with two attached hydrogens (primary N) is 1. The van der Waals surface area contributed by atoms with Gasteiger partial charge in [0.25, 0.3) is 0 Å². The molecule has 0 atom stereocenters. The van der Waals surface area contributed by atoms with Crippen molar-refractivity contribution in [2.75, 3.05) is 43.0 Å². The fraction of sp³-hybridized carbons (Fsp3) is 0.429. The van der Waals surface area contributed by atoms with Crippen LogP contribution in [0.1, 0.15) is 46.5 Å². The molecule has 1 saturated carbocycles. The molecule has 2 aromatic carbocycles. The lowest BCUT2D eigenvalue weighted by Gasteiger charge is -2.32. The van der Waals surface area contributed by atoms with Gasteiger partial charge in [0, 0.05) is 38.8 Å². The number of halogens is 2. The molecule has 12 heteroatoms. The topological polar surface area (TPSA) is 109 Å². The Balaban J connectivity index is 1.14. The smallest absolute Gasteiger partial charge is 0.215 e. The molecule has 2 aliphatic rings. The van der Waals surface area contributed by atoms with Gasteiger partial charge in [-0.25, -0.2) is 26.5 Å². The summed E-state index contributed by atoms with van der Waals surface area (Å²) in [6.45, 7) is 2.89. The minimum Gasteiger partial charge on any atom is -0.382 e. The maximum atomic E-state index is 14.1. The lowest BCUT2D eigenvalue weighted by Crippen LogP contribution is -2.45. The van der Waals surface area contributed by atoms with Crippen LogP contribution in [-0.4, -0.2) is 66.4 Å². The van der Waals surface area contributed by atoms with Crippen molar-refractivity contribution in [3.05, 3.63) is 76.2 Å². The van der Waals surface area contributed by atoms with Gasteiger partial charge in [-0.15, -0.1) is 0 Å². The second kappa shape index (κ2) is 12.3. The lowest BCUT2D eigenvalue weighted by molar-refractivity contribution is 0.103. The number of nitrogen functional groups attached to an aromatic ring is 1. The van der Waals surface area contributed by atoms with Crippen LogP contribution in [0.25, 0.3) is 0 Å². The van der Waals surface area contributed by atoms with Crippen molar-refractivity contribution in [2.45, 2.75) is 38.3 Å². The number of piperidine rings is 1. The first-order chi connectivity index (χ1) is 19.2. The second-order valence-corrected chi connectivity index (χ2v) is 13.5. The third kappa shape index (κ3) is 7.03. The molecule has 8 nitrogen and oxygen atoms in total. The Morgan fingerprint density at radius 3 is 2.38 bits per heavy atom. The van der Waals surface area contributed by atoms with E-state index in [0.717, 1.165) is 36.6 Å². The lowest BCUT2D eigenvalue weighted by atomic mass is 10.1. The third-order valence-electron chi connectivity index (χ3n) is 7.35. The van der Waals surface area contributed by atoms with E-state index in [2.05, 4.69) is 27.3 Å². The van der Waals surface area contributed by atoms with Crippen LogP contribution in [0.4, 0.5) is 19.7 Å². The van der Waals surface area contributed by atoms with Gasteiger partial charge in [-0.3, -0.25) is 9.69 Å². The number of benzene rings is 2. The van der Waals surface area contributed by atoms with Gasteiger partial charge in [0.15, 0.2) is 5.13 Å². The molecule has 0 radical (unpaired) electrons. The predicted molar refractivity (Wildman–Crippen MR) is 153 cm³/mol. The molecule has 3 N–H and O–H groups in total. The van der Waals surface area contributed by atoms with E-state index < -0.39 is 33.0 Å². The molecule has 0 unspecified atom stereocenters. The van der Waals surface area contributed by atoms with Crippen LogP contribution in [0.5, 0.6) is 0 Å². The molecule has 1 aliphatic carbocycles. The molecule has 0 bridgehead atoms. The van der Waals surface area contributed by atoms with Crippen LogP contribution in [-0.2, 0) is 16.6 Å². The fourth-order valence-corrected chi connectivity index (χ4v) is 7.38. The summed E-state index contributed by atoms with van der Waals surface area (Å²) in [5.41, 5.74) is 6.42. The maximum Gasteiger partial charge on any atom is 0.215 e. The largest absolute Gasteiger partial charge is 0.382 e. The number of sulfonamides is 1. The van der Waals surface area contributed by atoms with Crippen LogP contribution in [0.2, 0.25) is 0 Å². The Hall–Kier alpha value is -2.93. The number of anilines is 2. The Labute approximate surface area is 237 Å². The number of nitrogens with one attached hydrogen (secondary N) is 1. The van der Waals surface area contributed by atoms with Gasteiger partial charge in [-0.05, 0) is 49.3 Å². The van der Waals surface area contributed by atoms with Crippen LogP contribution >= 0.6 is 11.3 Å². The van der Waals surface area contributed by atoms with Gasteiger partial charge in [-0.2, -0.15) is 0 Å².